The first kappa shape index (κ1) is 28.9. The van der Waals surface area contributed by atoms with E-state index in [-0.39, 0.29) is 10.8 Å². The van der Waals surface area contributed by atoms with Crippen LogP contribution in [-0.4, -0.2) is 15.0 Å². The molecular formula is C45H33N3O2. The average Bonchev–Trinajstić information content (AvgIpc) is 3.72. The first-order valence-corrected chi connectivity index (χ1v) is 17.1. The van der Waals surface area contributed by atoms with Crippen molar-refractivity contribution < 1.29 is 8.83 Å². The third kappa shape index (κ3) is 4.04. The second-order valence-electron chi connectivity index (χ2n) is 14.5. The monoisotopic (exact) mass is 647 g/mol. The van der Waals surface area contributed by atoms with Crippen molar-refractivity contribution in [2.24, 2.45) is 0 Å². The largest absolute Gasteiger partial charge is 0.456 e. The smallest absolute Gasteiger partial charge is 0.164 e. The van der Waals surface area contributed by atoms with E-state index in [9.17, 15) is 0 Å². The van der Waals surface area contributed by atoms with Crippen LogP contribution >= 0.6 is 0 Å². The normalized spacial score (nSPS) is 14.7. The standard InChI is InChI=1S/C45H33N3O2/c1-44(2)34-23-27(21-22-28(34)32-24-33-29-15-8-10-18-36(29)50-39(33)25-35(32)45(44,3)4)42-46-41(26-13-6-5-7-14-26)47-43(48-42)31-17-12-20-38-40(31)30-16-9-11-19-37(30)49-38/h5-25H,1-4H3. The highest BCUT2D eigenvalue weighted by molar-refractivity contribution is 6.12. The molecule has 0 spiro atoms. The maximum atomic E-state index is 6.36. The number of rotatable bonds is 3. The highest BCUT2D eigenvalue weighted by Crippen LogP contribution is 2.55. The zero-order chi connectivity index (χ0) is 33.8. The molecule has 3 aromatic heterocycles. The van der Waals surface area contributed by atoms with Gasteiger partial charge in [-0.2, -0.15) is 0 Å². The molecule has 0 N–H and O–H groups in total. The Balaban J connectivity index is 1.21. The van der Waals surface area contributed by atoms with Gasteiger partial charge in [-0.1, -0.05) is 119 Å². The summed E-state index contributed by atoms with van der Waals surface area (Å²) < 4.78 is 12.6. The third-order valence-electron chi connectivity index (χ3n) is 11.3. The van der Waals surface area contributed by atoms with E-state index >= 15 is 0 Å². The van der Waals surface area contributed by atoms with E-state index in [1.807, 2.05) is 72.8 Å². The summed E-state index contributed by atoms with van der Waals surface area (Å²) in [5.41, 5.74) is 10.9. The molecule has 0 amide bonds. The van der Waals surface area contributed by atoms with Crippen LogP contribution in [0.5, 0.6) is 0 Å². The van der Waals surface area contributed by atoms with Crippen LogP contribution in [0.1, 0.15) is 38.8 Å². The Morgan fingerprint density at radius 3 is 1.78 bits per heavy atom. The predicted octanol–water partition coefficient (Wildman–Crippen LogP) is 11.9. The minimum absolute atomic E-state index is 0.196. The van der Waals surface area contributed by atoms with Crippen LogP contribution in [0.3, 0.4) is 0 Å². The SMILES string of the molecule is CC1(C)c2cc(-c3nc(-c4ccccc4)nc(-c4cccc5oc6ccccc6c45)n3)ccc2-c2cc3c(cc2C1(C)C)oc1ccccc13. The van der Waals surface area contributed by atoms with Crippen LogP contribution in [-0.2, 0) is 10.8 Å². The van der Waals surface area contributed by atoms with Crippen molar-refractivity contribution in [3.8, 4) is 45.3 Å². The minimum atomic E-state index is -0.218. The first-order chi connectivity index (χ1) is 24.3. The molecule has 5 heteroatoms. The van der Waals surface area contributed by atoms with Crippen LogP contribution in [0, 0.1) is 0 Å². The molecule has 0 bridgehead atoms. The summed E-state index contributed by atoms with van der Waals surface area (Å²) in [5.74, 6) is 1.88. The zero-order valence-electron chi connectivity index (χ0n) is 28.3. The van der Waals surface area contributed by atoms with Crippen LogP contribution in [0.4, 0.5) is 0 Å². The van der Waals surface area contributed by atoms with Gasteiger partial charge >= 0.3 is 0 Å². The van der Waals surface area contributed by atoms with Crippen molar-refractivity contribution in [2.45, 2.75) is 38.5 Å². The Bertz CT molecular complexity index is 2820. The van der Waals surface area contributed by atoms with Crippen molar-refractivity contribution >= 4 is 43.9 Å². The Hall–Kier alpha value is -6.07. The Morgan fingerprint density at radius 2 is 1.00 bits per heavy atom. The van der Waals surface area contributed by atoms with E-state index < -0.39 is 0 Å². The van der Waals surface area contributed by atoms with Gasteiger partial charge in [0.15, 0.2) is 17.5 Å². The number of hydrogen-bond acceptors (Lipinski definition) is 5. The lowest BCUT2D eigenvalue weighted by Crippen LogP contribution is -2.43. The van der Waals surface area contributed by atoms with E-state index in [1.54, 1.807) is 0 Å². The van der Waals surface area contributed by atoms with Crippen LogP contribution in [0.2, 0.25) is 0 Å². The average molecular weight is 648 g/mol. The molecule has 6 aromatic carbocycles. The fraction of sp³-hybridized carbons (Fsp3) is 0.133. The van der Waals surface area contributed by atoms with E-state index in [4.69, 9.17) is 23.8 Å². The summed E-state index contributed by atoms with van der Waals surface area (Å²) in [6.45, 7) is 9.39. The number of furan rings is 2. The number of aromatic nitrogens is 3. The van der Waals surface area contributed by atoms with Crippen LogP contribution < -0.4 is 0 Å². The van der Waals surface area contributed by atoms with E-state index in [2.05, 4.69) is 82.3 Å². The topological polar surface area (TPSA) is 65.0 Å². The van der Waals surface area contributed by atoms with Gasteiger partial charge in [-0.25, -0.2) is 15.0 Å². The molecule has 0 saturated carbocycles. The van der Waals surface area contributed by atoms with Crippen LogP contribution in [0.25, 0.3) is 89.2 Å². The van der Waals surface area contributed by atoms with Crippen molar-refractivity contribution in [3.63, 3.8) is 0 Å². The van der Waals surface area contributed by atoms with Crippen molar-refractivity contribution in [1.82, 2.24) is 15.0 Å². The summed E-state index contributed by atoms with van der Waals surface area (Å²) in [6.07, 6.45) is 0. The molecule has 5 nitrogen and oxygen atoms in total. The first-order valence-electron chi connectivity index (χ1n) is 17.1. The quantitative estimate of drug-likeness (QED) is 0.191. The lowest BCUT2D eigenvalue weighted by Gasteiger charge is -2.48. The Labute approximate surface area is 289 Å². The summed E-state index contributed by atoms with van der Waals surface area (Å²) in [4.78, 5) is 15.4. The fourth-order valence-electron chi connectivity index (χ4n) is 7.92. The van der Waals surface area contributed by atoms with Gasteiger partial charge < -0.3 is 8.83 Å². The van der Waals surface area contributed by atoms with Gasteiger partial charge in [0.25, 0.3) is 0 Å². The van der Waals surface area contributed by atoms with Gasteiger partial charge in [0.05, 0.1) is 0 Å². The van der Waals surface area contributed by atoms with Gasteiger partial charge in [0.2, 0.25) is 0 Å². The second-order valence-corrected chi connectivity index (χ2v) is 14.5. The number of benzene rings is 6. The van der Waals surface area contributed by atoms with Gasteiger partial charge in [-0.05, 0) is 69.5 Å². The summed E-state index contributed by atoms with van der Waals surface area (Å²) in [5, 5.41) is 4.32. The fourth-order valence-corrected chi connectivity index (χ4v) is 7.92. The minimum Gasteiger partial charge on any atom is -0.456 e. The molecule has 50 heavy (non-hydrogen) atoms. The molecule has 0 radical (unpaired) electrons. The predicted molar refractivity (Wildman–Crippen MR) is 202 cm³/mol. The molecule has 0 unspecified atom stereocenters. The van der Waals surface area contributed by atoms with Crippen molar-refractivity contribution in [2.75, 3.05) is 0 Å². The number of fused-ring (bicyclic) bond motifs is 9. The molecule has 0 fully saturated rings. The van der Waals surface area contributed by atoms with E-state index in [1.165, 1.54) is 22.3 Å². The third-order valence-corrected chi connectivity index (χ3v) is 11.3. The molecular weight excluding hydrogens is 615 g/mol. The maximum Gasteiger partial charge on any atom is 0.164 e. The molecule has 1 aliphatic carbocycles. The highest BCUT2D eigenvalue weighted by Gasteiger charge is 2.46. The summed E-state index contributed by atoms with van der Waals surface area (Å²) >= 11 is 0. The lowest BCUT2D eigenvalue weighted by molar-refractivity contribution is 0.299. The number of para-hydroxylation sites is 2. The van der Waals surface area contributed by atoms with Gasteiger partial charge in [-0.15, -0.1) is 0 Å². The maximum absolute atomic E-state index is 6.36. The highest BCUT2D eigenvalue weighted by atomic mass is 16.3. The van der Waals surface area contributed by atoms with Crippen molar-refractivity contribution in [1.29, 1.82) is 0 Å². The molecule has 9 aromatic rings. The number of nitrogens with zero attached hydrogens (tertiary/aromatic N) is 3. The summed E-state index contributed by atoms with van der Waals surface area (Å²) in [6, 6.07) is 44.0. The lowest BCUT2D eigenvalue weighted by atomic mass is 9.55. The Kier molecular flexibility index (Phi) is 5.91. The molecule has 3 heterocycles. The summed E-state index contributed by atoms with van der Waals surface area (Å²) in [7, 11) is 0. The van der Waals surface area contributed by atoms with E-state index in [0.717, 1.165) is 60.6 Å². The molecule has 240 valence electrons. The zero-order valence-corrected chi connectivity index (χ0v) is 28.3. The molecule has 0 saturated heterocycles. The second kappa shape index (κ2) is 10.2. The van der Waals surface area contributed by atoms with Gasteiger partial charge in [0.1, 0.15) is 22.3 Å². The van der Waals surface area contributed by atoms with Crippen molar-refractivity contribution in [3.05, 3.63) is 139 Å². The Morgan fingerprint density at radius 1 is 0.400 bits per heavy atom. The van der Waals surface area contributed by atoms with Gasteiger partial charge in [0, 0.05) is 38.2 Å². The number of hydrogen-bond donors (Lipinski definition) is 0. The molecule has 1 aliphatic rings. The van der Waals surface area contributed by atoms with Gasteiger partial charge in [-0.3, -0.25) is 0 Å². The van der Waals surface area contributed by atoms with Crippen LogP contribution in [0.15, 0.2) is 136 Å². The molecule has 0 aliphatic heterocycles. The van der Waals surface area contributed by atoms with E-state index in [0.29, 0.717) is 17.5 Å². The molecule has 10 rings (SSSR count). The molecule has 0 atom stereocenters.